The molecule has 0 aliphatic carbocycles. The molecule has 1 heterocycles. The third-order valence-corrected chi connectivity index (χ3v) is 2.36. The number of unbranched alkanes of at least 4 members (excludes halogenated alkanes) is 4. The molecule has 1 N–H and O–H groups in total. The summed E-state index contributed by atoms with van der Waals surface area (Å²) < 4.78 is 5.45. The molecule has 1 aliphatic rings. The summed E-state index contributed by atoms with van der Waals surface area (Å²) in [4.78, 5) is 0. The van der Waals surface area contributed by atoms with Gasteiger partial charge in [-0.1, -0.05) is 32.6 Å². The maximum Gasteiger partial charge on any atom is 0.108 e. The fourth-order valence-corrected chi connectivity index (χ4v) is 1.60. The molecule has 0 aromatic heterocycles. The van der Waals surface area contributed by atoms with Crippen LogP contribution < -0.4 is 5.32 Å². The van der Waals surface area contributed by atoms with E-state index in [-0.39, 0.29) is 0 Å². The van der Waals surface area contributed by atoms with Gasteiger partial charge in [0.25, 0.3) is 0 Å². The van der Waals surface area contributed by atoms with Crippen LogP contribution >= 0.6 is 0 Å². The molecule has 0 saturated carbocycles. The molecule has 2 nitrogen and oxygen atoms in total. The van der Waals surface area contributed by atoms with Crippen LogP contribution in [-0.4, -0.2) is 19.4 Å². The Morgan fingerprint density at radius 1 is 1.25 bits per heavy atom. The second-order valence-corrected chi connectivity index (χ2v) is 3.52. The molecule has 0 radical (unpaired) electrons. The van der Waals surface area contributed by atoms with Crippen LogP contribution in [0.5, 0.6) is 0 Å². The molecule has 1 saturated heterocycles. The third kappa shape index (κ3) is 4.07. The largest absolute Gasteiger partial charge is 0.362 e. The lowest BCUT2D eigenvalue weighted by atomic mass is 10.1. The van der Waals surface area contributed by atoms with E-state index < -0.39 is 0 Å². The van der Waals surface area contributed by atoms with E-state index in [4.69, 9.17) is 4.74 Å². The Morgan fingerprint density at radius 2 is 2.08 bits per heavy atom. The zero-order chi connectivity index (χ0) is 8.65. The number of hydrogen-bond donors (Lipinski definition) is 1. The maximum absolute atomic E-state index is 5.45. The van der Waals surface area contributed by atoms with Crippen molar-refractivity contribution in [2.45, 2.75) is 51.7 Å². The highest BCUT2D eigenvalue weighted by molar-refractivity contribution is 4.62. The molecular formula is C10H21NO. The van der Waals surface area contributed by atoms with Crippen LogP contribution in [0.15, 0.2) is 0 Å². The van der Waals surface area contributed by atoms with E-state index in [0.717, 1.165) is 13.2 Å². The molecular weight excluding hydrogens is 150 g/mol. The number of hydrogen-bond acceptors (Lipinski definition) is 2. The van der Waals surface area contributed by atoms with Crippen LogP contribution in [0.1, 0.15) is 45.4 Å². The smallest absolute Gasteiger partial charge is 0.108 e. The molecule has 0 aromatic rings. The van der Waals surface area contributed by atoms with Gasteiger partial charge in [0, 0.05) is 6.54 Å². The van der Waals surface area contributed by atoms with E-state index in [1.165, 1.54) is 38.5 Å². The monoisotopic (exact) mass is 171 g/mol. The Kier molecular flexibility index (Phi) is 5.37. The van der Waals surface area contributed by atoms with E-state index in [1.54, 1.807) is 0 Å². The van der Waals surface area contributed by atoms with Gasteiger partial charge >= 0.3 is 0 Å². The van der Waals surface area contributed by atoms with Crippen molar-refractivity contribution < 1.29 is 4.74 Å². The van der Waals surface area contributed by atoms with Gasteiger partial charge in [0.2, 0.25) is 0 Å². The highest BCUT2D eigenvalue weighted by atomic mass is 16.5. The fraction of sp³-hybridized carbons (Fsp3) is 1.00. The quantitative estimate of drug-likeness (QED) is 0.619. The summed E-state index contributed by atoms with van der Waals surface area (Å²) in [6, 6.07) is 0. The minimum atomic E-state index is 0.367. The lowest BCUT2D eigenvalue weighted by molar-refractivity contribution is 0.0919. The SMILES string of the molecule is CCCCCCCC1NCCO1. The van der Waals surface area contributed by atoms with Gasteiger partial charge in [0.05, 0.1) is 6.61 Å². The predicted octanol–water partition coefficient (Wildman–Crippen LogP) is 2.29. The zero-order valence-corrected chi connectivity index (χ0v) is 8.14. The van der Waals surface area contributed by atoms with Crippen LogP contribution in [-0.2, 0) is 4.74 Å². The summed E-state index contributed by atoms with van der Waals surface area (Å²) in [5.74, 6) is 0. The predicted molar refractivity (Wildman–Crippen MR) is 51.1 cm³/mol. The molecule has 12 heavy (non-hydrogen) atoms. The molecule has 2 heteroatoms. The first-order chi connectivity index (χ1) is 5.93. The molecule has 1 atom stereocenters. The van der Waals surface area contributed by atoms with Crippen molar-refractivity contribution >= 4 is 0 Å². The molecule has 72 valence electrons. The topological polar surface area (TPSA) is 21.3 Å². The molecule has 1 unspecified atom stereocenters. The van der Waals surface area contributed by atoms with Crippen molar-refractivity contribution in [1.82, 2.24) is 5.32 Å². The standard InChI is InChI=1S/C10H21NO/c1-2-3-4-5-6-7-10-11-8-9-12-10/h10-11H,2-9H2,1H3. The van der Waals surface area contributed by atoms with E-state index in [9.17, 15) is 0 Å². The lowest BCUT2D eigenvalue weighted by Gasteiger charge is -2.08. The highest BCUT2D eigenvalue weighted by Crippen LogP contribution is 2.09. The summed E-state index contributed by atoms with van der Waals surface area (Å²) in [6.45, 7) is 4.20. The molecule has 0 aromatic carbocycles. The Hall–Kier alpha value is -0.0800. The zero-order valence-electron chi connectivity index (χ0n) is 8.14. The maximum atomic E-state index is 5.45. The Balaban J connectivity index is 1.81. The summed E-state index contributed by atoms with van der Waals surface area (Å²) in [6.07, 6.45) is 8.36. The second-order valence-electron chi connectivity index (χ2n) is 3.52. The number of nitrogens with one attached hydrogen (secondary N) is 1. The summed E-state index contributed by atoms with van der Waals surface area (Å²) in [7, 11) is 0. The van der Waals surface area contributed by atoms with Gasteiger partial charge in [0.15, 0.2) is 0 Å². The van der Waals surface area contributed by atoms with Crippen molar-refractivity contribution in [1.29, 1.82) is 0 Å². The van der Waals surface area contributed by atoms with Crippen molar-refractivity contribution in [3.05, 3.63) is 0 Å². The Morgan fingerprint density at radius 3 is 2.75 bits per heavy atom. The normalized spacial score (nSPS) is 23.2. The van der Waals surface area contributed by atoms with E-state index in [0.29, 0.717) is 6.23 Å². The van der Waals surface area contributed by atoms with Crippen LogP contribution in [0.3, 0.4) is 0 Å². The Bertz CT molecular complexity index is 100. The van der Waals surface area contributed by atoms with E-state index >= 15 is 0 Å². The molecule has 1 fully saturated rings. The van der Waals surface area contributed by atoms with Crippen LogP contribution in [0, 0.1) is 0 Å². The summed E-state index contributed by atoms with van der Waals surface area (Å²) >= 11 is 0. The average molecular weight is 171 g/mol. The van der Waals surface area contributed by atoms with Crippen molar-refractivity contribution in [2.24, 2.45) is 0 Å². The molecule has 1 rings (SSSR count). The van der Waals surface area contributed by atoms with Crippen LogP contribution in [0.4, 0.5) is 0 Å². The van der Waals surface area contributed by atoms with Gasteiger partial charge in [-0.05, 0) is 12.8 Å². The minimum Gasteiger partial charge on any atom is -0.362 e. The first-order valence-corrected chi connectivity index (χ1v) is 5.28. The van der Waals surface area contributed by atoms with Crippen LogP contribution in [0.2, 0.25) is 0 Å². The van der Waals surface area contributed by atoms with Crippen molar-refractivity contribution in [3.63, 3.8) is 0 Å². The van der Waals surface area contributed by atoms with Gasteiger partial charge in [-0.15, -0.1) is 0 Å². The van der Waals surface area contributed by atoms with E-state index in [1.807, 2.05) is 0 Å². The van der Waals surface area contributed by atoms with Gasteiger partial charge < -0.3 is 4.74 Å². The Labute approximate surface area is 75.7 Å². The highest BCUT2D eigenvalue weighted by Gasteiger charge is 2.12. The first kappa shape index (κ1) is 10.0. The molecule has 0 spiro atoms. The van der Waals surface area contributed by atoms with Crippen molar-refractivity contribution in [2.75, 3.05) is 13.2 Å². The van der Waals surface area contributed by atoms with Gasteiger partial charge in [-0.2, -0.15) is 0 Å². The molecule has 0 amide bonds. The minimum absolute atomic E-state index is 0.367. The van der Waals surface area contributed by atoms with Crippen molar-refractivity contribution in [3.8, 4) is 0 Å². The first-order valence-electron chi connectivity index (χ1n) is 5.28. The average Bonchev–Trinajstić information content (AvgIpc) is 2.57. The van der Waals surface area contributed by atoms with Gasteiger partial charge in [-0.25, -0.2) is 0 Å². The lowest BCUT2D eigenvalue weighted by Crippen LogP contribution is -2.21. The summed E-state index contributed by atoms with van der Waals surface area (Å²) in [5, 5.41) is 3.33. The number of ether oxygens (including phenoxy) is 1. The van der Waals surface area contributed by atoms with E-state index in [2.05, 4.69) is 12.2 Å². The molecule has 1 aliphatic heterocycles. The van der Waals surface area contributed by atoms with Crippen LogP contribution in [0.25, 0.3) is 0 Å². The van der Waals surface area contributed by atoms with Gasteiger partial charge in [-0.3, -0.25) is 5.32 Å². The second kappa shape index (κ2) is 6.44. The molecule has 0 bridgehead atoms. The van der Waals surface area contributed by atoms with Gasteiger partial charge in [0.1, 0.15) is 6.23 Å². The number of rotatable bonds is 6. The summed E-state index contributed by atoms with van der Waals surface area (Å²) in [5.41, 5.74) is 0. The fourth-order valence-electron chi connectivity index (χ4n) is 1.60. The third-order valence-electron chi connectivity index (χ3n) is 2.36.